The number of halogens is 1. The zero-order chi connectivity index (χ0) is 13.1. The third kappa shape index (κ3) is 2.66. The fourth-order valence-corrected chi connectivity index (χ4v) is 2.82. The Labute approximate surface area is 109 Å². The van der Waals surface area contributed by atoms with E-state index in [1.807, 2.05) is 6.92 Å². The third-order valence-corrected chi connectivity index (χ3v) is 3.99. The van der Waals surface area contributed by atoms with Gasteiger partial charge in [-0.25, -0.2) is 4.39 Å². The van der Waals surface area contributed by atoms with Crippen LogP contribution in [0.4, 0.5) is 4.39 Å². The predicted octanol–water partition coefficient (Wildman–Crippen LogP) is 2.99. The van der Waals surface area contributed by atoms with Gasteiger partial charge in [-0.05, 0) is 69.3 Å². The summed E-state index contributed by atoms with van der Waals surface area (Å²) in [6.45, 7) is 5.96. The molecule has 1 aliphatic heterocycles. The van der Waals surface area contributed by atoms with Gasteiger partial charge < -0.3 is 10.1 Å². The lowest BCUT2D eigenvalue weighted by molar-refractivity contribution is 0.369. The van der Waals surface area contributed by atoms with Crippen molar-refractivity contribution < 1.29 is 9.13 Å². The van der Waals surface area contributed by atoms with Gasteiger partial charge in [0.2, 0.25) is 0 Å². The Morgan fingerprint density at radius 3 is 2.56 bits per heavy atom. The molecule has 18 heavy (non-hydrogen) atoms. The molecule has 0 radical (unpaired) electrons. The lowest BCUT2D eigenvalue weighted by atomic mass is 9.88. The molecule has 1 saturated heterocycles. The Kier molecular flexibility index (Phi) is 4.23. The molecule has 1 N–H and O–H groups in total. The van der Waals surface area contributed by atoms with Crippen molar-refractivity contribution in [1.29, 1.82) is 0 Å². The van der Waals surface area contributed by atoms with Crippen LogP contribution in [0.25, 0.3) is 0 Å². The maximum absolute atomic E-state index is 13.9. The van der Waals surface area contributed by atoms with E-state index < -0.39 is 0 Å². The van der Waals surface area contributed by atoms with E-state index in [0.29, 0.717) is 17.2 Å². The monoisotopic (exact) mass is 251 g/mol. The maximum atomic E-state index is 13.9. The van der Waals surface area contributed by atoms with E-state index in [1.54, 1.807) is 20.1 Å². The molecule has 0 unspecified atom stereocenters. The smallest absolute Gasteiger partial charge is 0.130 e. The van der Waals surface area contributed by atoms with Crippen molar-refractivity contribution in [1.82, 2.24) is 5.32 Å². The highest BCUT2D eigenvalue weighted by Crippen LogP contribution is 2.31. The number of ether oxygens (including phenoxy) is 1. The van der Waals surface area contributed by atoms with Crippen LogP contribution in [0.5, 0.6) is 5.75 Å². The molecule has 3 heteroatoms. The second kappa shape index (κ2) is 5.70. The second-order valence-corrected chi connectivity index (χ2v) is 5.20. The number of nitrogens with one attached hydrogen (secondary N) is 1. The van der Waals surface area contributed by atoms with Gasteiger partial charge in [0.1, 0.15) is 11.6 Å². The molecule has 0 atom stereocenters. The standard InChI is InChI=1S/C15H22FNO/c1-10-13(8-12-4-6-17-7-5-12)9-14(16)11(2)15(10)18-3/h9,12,17H,4-8H2,1-3H3. The van der Waals surface area contributed by atoms with Gasteiger partial charge in [-0.15, -0.1) is 0 Å². The van der Waals surface area contributed by atoms with E-state index in [1.165, 1.54) is 12.8 Å². The summed E-state index contributed by atoms with van der Waals surface area (Å²) in [4.78, 5) is 0. The summed E-state index contributed by atoms with van der Waals surface area (Å²) >= 11 is 0. The fourth-order valence-electron chi connectivity index (χ4n) is 2.82. The Bertz CT molecular complexity index is 425. The topological polar surface area (TPSA) is 21.3 Å². The van der Waals surface area contributed by atoms with E-state index in [9.17, 15) is 4.39 Å². The Morgan fingerprint density at radius 1 is 1.28 bits per heavy atom. The molecule has 0 saturated carbocycles. The van der Waals surface area contributed by atoms with Crippen LogP contribution in [-0.4, -0.2) is 20.2 Å². The summed E-state index contributed by atoms with van der Waals surface area (Å²) < 4.78 is 19.2. The van der Waals surface area contributed by atoms with E-state index >= 15 is 0 Å². The van der Waals surface area contributed by atoms with Crippen molar-refractivity contribution in [3.8, 4) is 5.75 Å². The molecular formula is C15H22FNO. The molecule has 1 aromatic rings. The van der Waals surface area contributed by atoms with Gasteiger partial charge in [-0.1, -0.05) is 0 Å². The minimum atomic E-state index is -0.151. The molecular weight excluding hydrogens is 229 g/mol. The summed E-state index contributed by atoms with van der Waals surface area (Å²) in [7, 11) is 1.61. The zero-order valence-electron chi connectivity index (χ0n) is 11.5. The predicted molar refractivity (Wildman–Crippen MR) is 71.7 cm³/mol. The van der Waals surface area contributed by atoms with Gasteiger partial charge in [0.15, 0.2) is 0 Å². The molecule has 0 aromatic heterocycles. The van der Waals surface area contributed by atoms with Gasteiger partial charge in [-0.3, -0.25) is 0 Å². The molecule has 1 aromatic carbocycles. The van der Waals surface area contributed by atoms with Crippen LogP contribution < -0.4 is 10.1 Å². The molecule has 1 heterocycles. The highest BCUT2D eigenvalue weighted by molar-refractivity contribution is 5.46. The average Bonchev–Trinajstić information content (AvgIpc) is 2.38. The van der Waals surface area contributed by atoms with Gasteiger partial charge in [0.25, 0.3) is 0 Å². The van der Waals surface area contributed by atoms with Gasteiger partial charge in [-0.2, -0.15) is 0 Å². The van der Waals surface area contributed by atoms with Crippen LogP contribution >= 0.6 is 0 Å². The van der Waals surface area contributed by atoms with Crippen molar-refractivity contribution in [2.24, 2.45) is 5.92 Å². The van der Waals surface area contributed by atoms with E-state index in [-0.39, 0.29) is 5.82 Å². The van der Waals surface area contributed by atoms with Crippen LogP contribution in [-0.2, 0) is 6.42 Å². The SMILES string of the molecule is COc1c(C)c(F)cc(CC2CCNCC2)c1C. The largest absolute Gasteiger partial charge is 0.496 e. The van der Waals surface area contributed by atoms with Crippen molar-refractivity contribution in [2.45, 2.75) is 33.1 Å². The first-order chi connectivity index (χ1) is 8.63. The summed E-state index contributed by atoms with van der Waals surface area (Å²) in [5.74, 6) is 1.22. The molecule has 0 aliphatic carbocycles. The van der Waals surface area contributed by atoms with Crippen LogP contribution in [0, 0.1) is 25.6 Å². The fraction of sp³-hybridized carbons (Fsp3) is 0.600. The number of rotatable bonds is 3. The first-order valence-electron chi connectivity index (χ1n) is 6.66. The molecule has 2 nitrogen and oxygen atoms in total. The molecule has 0 spiro atoms. The summed E-state index contributed by atoms with van der Waals surface area (Å²) in [6.07, 6.45) is 3.32. The third-order valence-electron chi connectivity index (χ3n) is 3.99. The van der Waals surface area contributed by atoms with Crippen molar-refractivity contribution >= 4 is 0 Å². The summed E-state index contributed by atoms with van der Waals surface area (Å²) in [5.41, 5.74) is 2.81. The number of piperidine rings is 1. The van der Waals surface area contributed by atoms with E-state index in [4.69, 9.17) is 4.74 Å². The van der Waals surface area contributed by atoms with Gasteiger partial charge in [0, 0.05) is 5.56 Å². The number of benzene rings is 1. The number of methoxy groups -OCH3 is 1. The highest BCUT2D eigenvalue weighted by atomic mass is 19.1. The van der Waals surface area contributed by atoms with Crippen LogP contribution in [0.2, 0.25) is 0 Å². The van der Waals surface area contributed by atoms with Crippen molar-refractivity contribution in [3.05, 3.63) is 28.6 Å². The van der Waals surface area contributed by atoms with Crippen LogP contribution in [0.1, 0.15) is 29.5 Å². The summed E-state index contributed by atoms with van der Waals surface area (Å²) in [5, 5.41) is 3.36. The second-order valence-electron chi connectivity index (χ2n) is 5.20. The van der Waals surface area contributed by atoms with Crippen LogP contribution in [0.3, 0.4) is 0 Å². The molecule has 2 rings (SSSR count). The maximum Gasteiger partial charge on any atom is 0.130 e. The first kappa shape index (κ1) is 13.3. The summed E-state index contributed by atoms with van der Waals surface area (Å²) in [6, 6.07) is 1.69. The highest BCUT2D eigenvalue weighted by Gasteiger charge is 2.18. The Morgan fingerprint density at radius 2 is 1.94 bits per heavy atom. The quantitative estimate of drug-likeness (QED) is 0.891. The molecule has 1 fully saturated rings. The normalized spacial score (nSPS) is 16.9. The van der Waals surface area contributed by atoms with Crippen LogP contribution in [0.15, 0.2) is 6.07 Å². The van der Waals surface area contributed by atoms with E-state index in [0.717, 1.165) is 30.6 Å². The molecule has 0 bridgehead atoms. The lowest BCUT2D eigenvalue weighted by Gasteiger charge is -2.24. The van der Waals surface area contributed by atoms with Gasteiger partial charge >= 0.3 is 0 Å². The average molecular weight is 251 g/mol. The molecule has 1 aliphatic rings. The van der Waals surface area contributed by atoms with Gasteiger partial charge in [0.05, 0.1) is 7.11 Å². The van der Waals surface area contributed by atoms with Crippen molar-refractivity contribution in [3.63, 3.8) is 0 Å². The minimum Gasteiger partial charge on any atom is -0.496 e. The van der Waals surface area contributed by atoms with Crippen molar-refractivity contribution in [2.75, 3.05) is 20.2 Å². The molecule has 100 valence electrons. The number of hydrogen-bond acceptors (Lipinski definition) is 2. The van der Waals surface area contributed by atoms with E-state index in [2.05, 4.69) is 5.32 Å². The Balaban J connectivity index is 2.24. The first-order valence-corrected chi connectivity index (χ1v) is 6.66. The lowest BCUT2D eigenvalue weighted by Crippen LogP contribution is -2.28. The minimum absolute atomic E-state index is 0.151. The Hall–Kier alpha value is -1.09. The zero-order valence-corrected chi connectivity index (χ0v) is 11.5. The number of hydrogen-bond donors (Lipinski definition) is 1. The molecule has 0 amide bonds.